The monoisotopic (exact) mass is 364 g/mol. The summed E-state index contributed by atoms with van der Waals surface area (Å²) in [5.74, 6) is 0.360. The topological polar surface area (TPSA) is 15.3 Å². The number of nitrogens with one attached hydrogen (secondary N) is 1. The number of anilines is 1. The van der Waals surface area contributed by atoms with E-state index < -0.39 is 11.7 Å². The van der Waals surface area contributed by atoms with Gasteiger partial charge in [0.2, 0.25) is 0 Å². The van der Waals surface area contributed by atoms with Crippen LogP contribution in [0.2, 0.25) is 0 Å². The first-order valence-electron chi connectivity index (χ1n) is 7.06. The highest BCUT2D eigenvalue weighted by Gasteiger charge is 2.33. The molecule has 118 valence electrons. The van der Waals surface area contributed by atoms with Gasteiger partial charge in [-0.15, -0.1) is 0 Å². The molecule has 1 aliphatic rings. The van der Waals surface area contributed by atoms with Gasteiger partial charge in [-0.2, -0.15) is 13.2 Å². The quantitative estimate of drug-likeness (QED) is 0.841. The predicted octanol–water partition coefficient (Wildman–Crippen LogP) is 4.29. The number of nitrogens with zero attached hydrogens (tertiary/aromatic N) is 1. The van der Waals surface area contributed by atoms with Gasteiger partial charge in [-0.25, -0.2) is 0 Å². The zero-order valence-corrected chi connectivity index (χ0v) is 13.9. The number of hydrogen-bond acceptors (Lipinski definition) is 2. The molecule has 2 unspecified atom stereocenters. The third-order valence-corrected chi connectivity index (χ3v) is 4.32. The van der Waals surface area contributed by atoms with E-state index >= 15 is 0 Å². The average Bonchev–Trinajstić information content (AvgIpc) is 2.36. The fourth-order valence-electron chi connectivity index (χ4n) is 2.72. The summed E-state index contributed by atoms with van der Waals surface area (Å²) in [6.45, 7) is 7.73. The van der Waals surface area contributed by atoms with Crippen LogP contribution >= 0.6 is 15.9 Å². The maximum absolute atomic E-state index is 13.0. The Kier molecular flexibility index (Phi) is 4.88. The van der Waals surface area contributed by atoms with Crippen molar-refractivity contribution in [2.24, 2.45) is 5.92 Å². The molecule has 1 saturated heterocycles. The number of alkyl halides is 3. The Balaban J connectivity index is 2.40. The highest BCUT2D eigenvalue weighted by Crippen LogP contribution is 2.35. The van der Waals surface area contributed by atoms with Crippen molar-refractivity contribution in [3.05, 3.63) is 28.2 Å². The zero-order chi connectivity index (χ0) is 15.8. The van der Waals surface area contributed by atoms with Crippen molar-refractivity contribution in [2.45, 2.75) is 39.0 Å². The molecule has 1 aromatic rings. The number of halogens is 4. The lowest BCUT2D eigenvalue weighted by Crippen LogP contribution is -2.57. The van der Waals surface area contributed by atoms with Crippen LogP contribution in [0.5, 0.6) is 0 Å². The second kappa shape index (κ2) is 6.16. The Labute approximate surface area is 131 Å². The maximum atomic E-state index is 13.0. The molecule has 2 rings (SSSR count). The highest BCUT2D eigenvalue weighted by molar-refractivity contribution is 9.10. The van der Waals surface area contributed by atoms with Crippen LogP contribution in [0.15, 0.2) is 22.7 Å². The van der Waals surface area contributed by atoms with Crippen LogP contribution in [-0.4, -0.2) is 25.2 Å². The minimum atomic E-state index is -4.33. The lowest BCUT2D eigenvalue weighted by atomic mass is 9.97. The fraction of sp³-hybridized carbons (Fsp3) is 0.600. The molecule has 1 heterocycles. The van der Waals surface area contributed by atoms with Gasteiger partial charge in [0.1, 0.15) is 0 Å². The lowest BCUT2D eigenvalue weighted by Gasteiger charge is -2.43. The number of rotatable bonds is 2. The smallest absolute Gasteiger partial charge is 0.365 e. The largest absolute Gasteiger partial charge is 0.416 e. The van der Waals surface area contributed by atoms with Gasteiger partial charge < -0.3 is 10.2 Å². The van der Waals surface area contributed by atoms with E-state index in [9.17, 15) is 13.2 Å². The van der Waals surface area contributed by atoms with E-state index in [0.29, 0.717) is 22.6 Å². The molecule has 0 saturated carbocycles. The third-order valence-electron chi connectivity index (χ3n) is 3.86. The molecule has 0 radical (unpaired) electrons. The van der Waals surface area contributed by atoms with Crippen molar-refractivity contribution in [2.75, 3.05) is 18.0 Å². The molecular formula is C15H20BrF3N2. The lowest BCUT2D eigenvalue weighted by molar-refractivity contribution is -0.137. The molecule has 1 N–H and O–H groups in total. The Morgan fingerprint density at radius 1 is 1.29 bits per heavy atom. The molecule has 2 nitrogen and oxygen atoms in total. The molecular weight excluding hydrogens is 345 g/mol. The molecule has 1 fully saturated rings. The zero-order valence-electron chi connectivity index (χ0n) is 12.3. The SMILES string of the molecule is CC1CN(c2cc(Br)cc(C(F)(F)F)c2)C(C(C)C)CN1. The first kappa shape index (κ1) is 16.6. The molecule has 0 amide bonds. The van der Waals surface area contributed by atoms with Crippen LogP contribution in [0.25, 0.3) is 0 Å². The van der Waals surface area contributed by atoms with Crippen LogP contribution < -0.4 is 10.2 Å². The van der Waals surface area contributed by atoms with E-state index in [4.69, 9.17) is 0 Å². The van der Waals surface area contributed by atoms with Gasteiger partial charge in [0, 0.05) is 35.3 Å². The number of piperazine rings is 1. The maximum Gasteiger partial charge on any atom is 0.416 e. The minimum absolute atomic E-state index is 0.191. The van der Waals surface area contributed by atoms with Crippen LogP contribution in [0.3, 0.4) is 0 Å². The molecule has 2 atom stereocenters. The van der Waals surface area contributed by atoms with E-state index in [-0.39, 0.29) is 12.1 Å². The van der Waals surface area contributed by atoms with Crippen molar-refractivity contribution in [1.29, 1.82) is 0 Å². The predicted molar refractivity (Wildman–Crippen MR) is 82.6 cm³/mol. The summed E-state index contributed by atoms with van der Waals surface area (Å²) < 4.78 is 39.4. The van der Waals surface area contributed by atoms with Gasteiger partial charge in [0.15, 0.2) is 0 Å². The van der Waals surface area contributed by atoms with Crippen molar-refractivity contribution in [3.8, 4) is 0 Å². The van der Waals surface area contributed by atoms with Crippen molar-refractivity contribution in [3.63, 3.8) is 0 Å². The molecule has 6 heteroatoms. The van der Waals surface area contributed by atoms with Crippen molar-refractivity contribution < 1.29 is 13.2 Å². The van der Waals surface area contributed by atoms with Crippen LogP contribution in [0, 0.1) is 5.92 Å². The Hall–Kier alpha value is -0.750. The summed E-state index contributed by atoms with van der Waals surface area (Å²) >= 11 is 3.20. The minimum Gasteiger partial charge on any atom is -0.365 e. The van der Waals surface area contributed by atoms with E-state index in [2.05, 4.69) is 40.0 Å². The van der Waals surface area contributed by atoms with Crippen LogP contribution in [0.4, 0.5) is 18.9 Å². The van der Waals surface area contributed by atoms with Gasteiger partial charge in [0.25, 0.3) is 0 Å². The van der Waals surface area contributed by atoms with Gasteiger partial charge in [-0.3, -0.25) is 0 Å². The molecule has 0 aromatic heterocycles. The van der Waals surface area contributed by atoms with Crippen LogP contribution in [-0.2, 0) is 6.18 Å². The summed E-state index contributed by atoms with van der Waals surface area (Å²) in [6, 6.07) is 4.59. The third kappa shape index (κ3) is 3.92. The first-order chi connectivity index (χ1) is 9.68. The summed E-state index contributed by atoms with van der Waals surface area (Å²) in [5.41, 5.74) is 0.0179. The van der Waals surface area contributed by atoms with E-state index in [1.807, 2.05) is 6.92 Å². The Bertz CT molecular complexity index is 502. The fourth-order valence-corrected chi connectivity index (χ4v) is 3.20. The summed E-state index contributed by atoms with van der Waals surface area (Å²) in [5, 5.41) is 3.40. The molecule has 1 aromatic carbocycles. The number of hydrogen-bond donors (Lipinski definition) is 1. The molecule has 0 bridgehead atoms. The summed E-state index contributed by atoms with van der Waals surface area (Å²) in [4.78, 5) is 2.09. The van der Waals surface area contributed by atoms with E-state index in [0.717, 1.165) is 12.6 Å². The summed E-state index contributed by atoms with van der Waals surface area (Å²) in [6.07, 6.45) is -4.33. The summed E-state index contributed by atoms with van der Waals surface area (Å²) in [7, 11) is 0. The second-order valence-electron chi connectivity index (χ2n) is 5.97. The highest BCUT2D eigenvalue weighted by atomic mass is 79.9. The molecule has 0 aliphatic carbocycles. The molecule has 21 heavy (non-hydrogen) atoms. The standard InChI is InChI=1S/C15H20BrF3N2/c1-9(2)14-7-20-10(3)8-21(14)13-5-11(15(17,18)19)4-12(16)6-13/h4-6,9-10,14,20H,7-8H2,1-3H3. The molecule has 0 spiro atoms. The van der Waals surface area contributed by atoms with E-state index in [1.165, 1.54) is 6.07 Å². The normalized spacial score (nSPS) is 23.7. The van der Waals surface area contributed by atoms with Crippen molar-refractivity contribution in [1.82, 2.24) is 5.32 Å². The van der Waals surface area contributed by atoms with Gasteiger partial charge in [-0.05, 0) is 31.0 Å². The van der Waals surface area contributed by atoms with Crippen LogP contribution in [0.1, 0.15) is 26.3 Å². The Morgan fingerprint density at radius 3 is 2.52 bits per heavy atom. The Morgan fingerprint density at radius 2 is 1.95 bits per heavy atom. The molecule has 1 aliphatic heterocycles. The van der Waals surface area contributed by atoms with Gasteiger partial charge in [-0.1, -0.05) is 29.8 Å². The second-order valence-corrected chi connectivity index (χ2v) is 6.88. The van der Waals surface area contributed by atoms with E-state index in [1.54, 1.807) is 6.07 Å². The van der Waals surface area contributed by atoms with Gasteiger partial charge in [0.05, 0.1) is 5.56 Å². The number of benzene rings is 1. The first-order valence-corrected chi connectivity index (χ1v) is 7.85. The van der Waals surface area contributed by atoms with Crippen molar-refractivity contribution >= 4 is 21.6 Å². The van der Waals surface area contributed by atoms with Gasteiger partial charge >= 0.3 is 6.18 Å². The average molecular weight is 365 g/mol.